The van der Waals surface area contributed by atoms with Crippen LogP contribution in [0.25, 0.3) is 0 Å². The van der Waals surface area contributed by atoms with E-state index in [1.807, 2.05) is 24.3 Å². The van der Waals surface area contributed by atoms with E-state index in [4.69, 9.17) is 10.5 Å². The Morgan fingerprint density at radius 2 is 2.38 bits per heavy atom. The molecule has 1 aliphatic heterocycles. The number of nitrogens with one attached hydrogen (secondary N) is 1. The fraction of sp³-hybridized carbons (Fsp3) is 0.222. The number of anilines is 2. The Labute approximate surface area is 76.4 Å². The van der Waals surface area contributed by atoms with Gasteiger partial charge in [0.15, 0.2) is 0 Å². The molecule has 0 bridgehead atoms. The zero-order valence-corrected chi connectivity index (χ0v) is 7.16. The Bertz CT molecular complexity index is 335. The summed E-state index contributed by atoms with van der Waals surface area (Å²) < 4.78 is 5.19. The van der Waals surface area contributed by atoms with E-state index < -0.39 is 0 Å². The third kappa shape index (κ3) is 1.90. The molecule has 1 heterocycles. The molecule has 0 radical (unpaired) electrons. The highest BCUT2D eigenvalue weighted by Gasteiger charge is 2.06. The minimum Gasteiger partial charge on any atom is -0.463 e. The van der Waals surface area contributed by atoms with Gasteiger partial charge in [0.1, 0.15) is 6.61 Å². The van der Waals surface area contributed by atoms with Crippen LogP contribution in [0.4, 0.5) is 11.4 Å². The number of hydrogen-bond donors (Lipinski definition) is 2. The van der Waals surface area contributed by atoms with Crippen molar-refractivity contribution in [2.75, 3.05) is 24.2 Å². The molecular formula is C9H11N3O. The molecule has 0 saturated heterocycles. The summed E-state index contributed by atoms with van der Waals surface area (Å²) in [5.74, 6) is 0. The fourth-order valence-corrected chi connectivity index (χ4v) is 1.15. The predicted octanol–water partition coefficient (Wildman–Crippen LogP) is 1.07. The molecule has 0 amide bonds. The van der Waals surface area contributed by atoms with Gasteiger partial charge in [0, 0.05) is 11.4 Å². The van der Waals surface area contributed by atoms with Crippen molar-refractivity contribution in [2.24, 2.45) is 4.99 Å². The monoisotopic (exact) mass is 177 g/mol. The maximum Gasteiger partial charge on any atom is 0.289 e. The Hall–Kier alpha value is -1.71. The first-order valence-electron chi connectivity index (χ1n) is 4.14. The number of ether oxygens (including phenoxy) is 1. The topological polar surface area (TPSA) is 59.6 Å². The van der Waals surface area contributed by atoms with Crippen LogP contribution < -0.4 is 11.1 Å². The summed E-state index contributed by atoms with van der Waals surface area (Å²) in [6.07, 6.45) is 0. The van der Waals surface area contributed by atoms with E-state index in [2.05, 4.69) is 10.3 Å². The fourth-order valence-electron chi connectivity index (χ4n) is 1.15. The van der Waals surface area contributed by atoms with Crippen molar-refractivity contribution in [3.8, 4) is 0 Å². The predicted molar refractivity (Wildman–Crippen MR) is 52.7 cm³/mol. The van der Waals surface area contributed by atoms with E-state index in [0.717, 1.165) is 17.9 Å². The minimum atomic E-state index is 0.575. The van der Waals surface area contributed by atoms with Crippen LogP contribution in [0, 0.1) is 0 Å². The zero-order chi connectivity index (χ0) is 9.10. The third-order valence-electron chi connectivity index (χ3n) is 1.72. The minimum absolute atomic E-state index is 0.575. The lowest BCUT2D eigenvalue weighted by Crippen LogP contribution is -2.11. The highest BCUT2D eigenvalue weighted by atomic mass is 16.5. The van der Waals surface area contributed by atoms with E-state index in [9.17, 15) is 0 Å². The average molecular weight is 177 g/mol. The molecule has 1 aromatic rings. The van der Waals surface area contributed by atoms with Crippen molar-refractivity contribution in [1.82, 2.24) is 0 Å². The second-order valence-corrected chi connectivity index (χ2v) is 2.79. The van der Waals surface area contributed by atoms with Gasteiger partial charge in [-0.25, -0.2) is 4.99 Å². The van der Waals surface area contributed by atoms with E-state index in [1.54, 1.807) is 0 Å². The SMILES string of the molecule is Nc1cccc(NC2=NCCO2)c1. The lowest BCUT2D eigenvalue weighted by molar-refractivity contribution is 0.346. The van der Waals surface area contributed by atoms with Gasteiger partial charge in [0.05, 0.1) is 6.54 Å². The molecule has 0 aliphatic carbocycles. The Balaban J connectivity index is 2.09. The van der Waals surface area contributed by atoms with Crippen LogP contribution in [0.2, 0.25) is 0 Å². The number of nitrogens with zero attached hydrogens (tertiary/aromatic N) is 1. The Morgan fingerprint density at radius 1 is 1.46 bits per heavy atom. The molecule has 68 valence electrons. The number of nitrogens with two attached hydrogens (primary N) is 1. The van der Waals surface area contributed by atoms with Crippen LogP contribution in [0.1, 0.15) is 0 Å². The third-order valence-corrected chi connectivity index (χ3v) is 1.72. The van der Waals surface area contributed by atoms with Gasteiger partial charge in [-0.1, -0.05) is 6.07 Å². The van der Waals surface area contributed by atoms with Gasteiger partial charge >= 0.3 is 0 Å². The number of nitrogen functional groups attached to an aromatic ring is 1. The standard InChI is InChI=1S/C9H11N3O/c10-7-2-1-3-8(6-7)12-9-11-4-5-13-9/h1-3,6H,4-5,10H2,(H,11,12). The molecule has 0 spiro atoms. The smallest absolute Gasteiger partial charge is 0.289 e. The van der Waals surface area contributed by atoms with E-state index in [-0.39, 0.29) is 0 Å². The maximum atomic E-state index is 5.61. The molecule has 0 saturated carbocycles. The summed E-state index contributed by atoms with van der Waals surface area (Å²) in [6, 6.07) is 8.05. The molecule has 3 N–H and O–H groups in total. The lowest BCUT2D eigenvalue weighted by Gasteiger charge is -2.05. The second-order valence-electron chi connectivity index (χ2n) is 2.79. The molecule has 0 fully saturated rings. The van der Waals surface area contributed by atoms with Crippen molar-refractivity contribution < 1.29 is 4.74 Å². The van der Waals surface area contributed by atoms with E-state index in [1.165, 1.54) is 0 Å². The summed E-state index contributed by atoms with van der Waals surface area (Å²) in [5, 5.41) is 3.03. The maximum absolute atomic E-state index is 5.61. The highest BCUT2D eigenvalue weighted by Crippen LogP contribution is 2.12. The molecule has 1 aromatic carbocycles. The molecule has 0 atom stereocenters. The van der Waals surface area contributed by atoms with Crippen LogP contribution in [0.15, 0.2) is 29.3 Å². The quantitative estimate of drug-likeness (QED) is 0.631. The molecule has 0 aromatic heterocycles. The summed E-state index contributed by atoms with van der Waals surface area (Å²) in [6.45, 7) is 1.38. The van der Waals surface area contributed by atoms with Gasteiger partial charge in [0.25, 0.3) is 6.02 Å². The first-order chi connectivity index (χ1) is 6.34. The molecule has 13 heavy (non-hydrogen) atoms. The normalized spacial score (nSPS) is 14.9. The summed E-state index contributed by atoms with van der Waals surface area (Å²) in [5.41, 5.74) is 7.24. The molecular weight excluding hydrogens is 166 g/mol. The van der Waals surface area contributed by atoms with Crippen molar-refractivity contribution in [2.45, 2.75) is 0 Å². The first-order valence-corrected chi connectivity index (χ1v) is 4.14. The van der Waals surface area contributed by atoms with Crippen LogP contribution in [0.5, 0.6) is 0 Å². The highest BCUT2D eigenvalue weighted by molar-refractivity contribution is 5.90. The number of aliphatic imine (C=N–C) groups is 1. The van der Waals surface area contributed by atoms with E-state index >= 15 is 0 Å². The van der Waals surface area contributed by atoms with Gasteiger partial charge < -0.3 is 15.8 Å². The summed E-state index contributed by atoms with van der Waals surface area (Å²) >= 11 is 0. The number of benzene rings is 1. The Kier molecular flexibility index (Phi) is 2.04. The van der Waals surface area contributed by atoms with Gasteiger partial charge in [0.2, 0.25) is 0 Å². The molecule has 4 heteroatoms. The van der Waals surface area contributed by atoms with E-state index in [0.29, 0.717) is 12.6 Å². The van der Waals surface area contributed by atoms with Crippen LogP contribution in [-0.2, 0) is 4.74 Å². The van der Waals surface area contributed by atoms with Crippen LogP contribution in [0.3, 0.4) is 0 Å². The van der Waals surface area contributed by atoms with Crippen molar-refractivity contribution >= 4 is 17.4 Å². The van der Waals surface area contributed by atoms with Gasteiger partial charge in [-0.15, -0.1) is 0 Å². The van der Waals surface area contributed by atoms with Gasteiger partial charge in [-0.2, -0.15) is 0 Å². The van der Waals surface area contributed by atoms with Crippen molar-refractivity contribution in [3.05, 3.63) is 24.3 Å². The number of amidine groups is 1. The molecule has 1 aliphatic rings. The Morgan fingerprint density at radius 3 is 3.08 bits per heavy atom. The molecule has 2 rings (SSSR count). The molecule has 0 unspecified atom stereocenters. The second kappa shape index (κ2) is 3.35. The number of rotatable bonds is 1. The summed E-state index contributed by atoms with van der Waals surface area (Å²) in [7, 11) is 0. The van der Waals surface area contributed by atoms with Crippen molar-refractivity contribution in [1.29, 1.82) is 0 Å². The molecule has 4 nitrogen and oxygen atoms in total. The first kappa shape index (κ1) is 7.91. The van der Waals surface area contributed by atoms with Crippen LogP contribution in [-0.4, -0.2) is 19.2 Å². The summed E-state index contributed by atoms with van der Waals surface area (Å²) in [4.78, 5) is 4.10. The lowest BCUT2D eigenvalue weighted by atomic mass is 10.3. The zero-order valence-electron chi connectivity index (χ0n) is 7.16. The average Bonchev–Trinajstić information content (AvgIpc) is 2.57. The largest absolute Gasteiger partial charge is 0.463 e. The van der Waals surface area contributed by atoms with Gasteiger partial charge in [-0.3, -0.25) is 0 Å². The number of hydrogen-bond acceptors (Lipinski definition) is 4. The van der Waals surface area contributed by atoms with Crippen LogP contribution >= 0.6 is 0 Å². The van der Waals surface area contributed by atoms with Crippen molar-refractivity contribution in [3.63, 3.8) is 0 Å². The van der Waals surface area contributed by atoms with Gasteiger partial charge in [-0.05, 0) is 18.2 Å².